The number of amides is 1. The lowest BCUT2D eigenvalue weighted by molar-refractivity contribution is -0.123. The Bertz CT molecular complexity index is 715. The van der Waals surface area contributed by atoms with Crippen molar-refractivity contribution in [3.05, 3.63) is 45.1 Å². The Hall–Kier alpha value is -2.05. The second-order valence-corrected chi connectivity index (χ2v) is 6.17. The van der Waals surface area contributed by atoms with Crippen molar-refractivity contribution in [2.24, 2.45) is 0 Å². The summed E-state index contributed by atoms with van der Waals surface area (Å²) < 4.78 is 10.3. The lowest BCUT2D eigenvalue weighted by Gasteiger charge is -2.16. The molecule has 1 heterocycles. The molecule has 0 aliphatic heterocycles. The highest BCUT2D eigenvalue weighted by Gasteiger charge is 2.21. The van der Waals surface area contributed by atoms with E-state index in [4.69, 9.17) is 21.1 Å². The summed E-state index contributed by atoms with van der Waals surface area (Å²) in [5, 5.41) is 4.99. The molecular weight excluding hydrogens is 338 g/mol. The molecule has 0 saturated heterocycles. The molecule has 2 aromatic rings. The monoisotopic (exact) mass is 353 g/mol. The Morgan fingerprint density at radius 3 is 2.70 bits per heavy atom. The highest BCUT2D eigenvalue weighted by molar-refractivity contribution is 7.11. The minimum Gasteiger partial charge on any atom is -0.495 e. The molecule has 0 bridgehead atoms. The predicted octanol–water partition coefficient (Wildman–Crippen LogP) is 3.90. The van der Waals surface area contributed by atoms with Gasteiger partial charge in [0.15, 0.2) is 6.10 Å². The van der Waals surface area contributed by atoms with Gasteiger partial charge in [-0.1, -0.05) is 17.7 Å². The van der Waals surface area contributed by atoms with Crippen molar-refractivity contribution in [1.29, 1.82) is 0 Å². The van der Waals surface area contributed by atoms with Gasteiger partial charge < -0.3 is 14.8 Å². The molecule has 0 saturated carbocycles. The van der Waals surface area contributed by atoms with Crippen LogP contribution in [-0.4, -0.2) is 25.1 Å². The molecule has 0 radical (unpaired) electrons. The quantitative estimate of drug-likeness (QED) is 0.828. The smallest absolute Gasteiger partial charge is 0.349 e. The summed E-state index contributed by atoms with van der Waals surface area (Å²) >= 11 is 7.29. The van der Waals surface area contributed by atoms with Crippen LogP contribution in [0, 0.1) is 6.92 Å². The fourth-order valence-electron chi connectivity index (χ4n) is 1.83. The molecule has 1 atom stereocenters. The minimum atomic E-state index is -0.940. The van der Waals surface area contributed by atoms with Crippen molar-refractivity contribution in [2.75, 3.05) is 12.4 Å². The first-order valence-corrected chi connectivity index (χ1v) is 8.07. The van der Waals surface area contributed by atoms with E-state index in [0.717, 1.165) is 5.56 Å². The zero-order valence-electron chi connectivity index (χ0n) is 12.9. The van der Waals surface area contributed by atoms with Gasteiger partial charge in [-0.15, -0.1) is 11.3 Å². The predicted molar refractivity (Wildman–Crippen MR) is 90.6 cm³/mol. The van der Waals surface area contributed by atoms with Crippen LogP contribution in [0.3, 0.4) is 0 Å². The third kappa shape index (κ3) is 4.24. The molecule has 1 N–H and O–H groups in total. The van der Waals surface area contributed by atoms with Crippen molar-refractivity contribution in [3.8, 4) is 5.75 Å². The lowest BCUT2D eigenvalue weighted by Crippen LogP contribution is -2.30. The Kier molecular flexibility index (Phi) is 5.63. The fourth-order valence-corrected chi connectivity index (χ4v) is 2.59. The van der Waals surface area contributed by atoms with Crippen LogP contribution in [0.4, 0.5) is 5.69 Å². The van der Waals surface area contributed by atoms with E-state index in [0.29, 0.717) is 21.3 Å². The summed E-state index contributed by atoms with van der Waals surface area (Å²) in [6.07, 6.45) is -0.940. The summed E-state index contributed by atoms with van der Waals surface area (Å²) in [6.45, 7) is 3.33. The van der Waals surface area contributed by atoms with Crippen molar-refractivity contribution < 1.29 is 19.1 Å². The minimum absolute atomic E-state index is 0.436. The molecule has 0 aliphatic carbocycles. The normalized spacial score (nSPS) is 11.7. The molecule has 7 heteroatoms. The number of nitrogens with one attached hydrogen (secondary N) is 1. The zero-order valence-corrected chi connectivity index (χ0v) is 14.5. The first-order valence-electron chi connectivity index (χ1n) is 6.82. The number of benzene rings is 1. The number of thiophene rings is 1. The van der Waals surface area contributed by atoms with Gasteiger partial charge in [0.1, 0.15) is 10.6 Å². The van der Waals surface area contributed by atoms with E-state index in [1.54, 1.807) is 29.6 Å². The molecule has 0 aliphatic rings. The first-order chi connectivity index (χ1) is 10.9. The zero-order chi connectivity index (χ0) is 17.0. The molecule has 1 aromatic heterocycles. The number of methoxy groups -OCH3 is 1. The van der Waals surface area contributed by atoms with Gasteiger partial charge in [-0.3, -0.25) is 4.79 Å². The van der Waals surface area contributed by atoms with Crippen molar-refractivity contribution >= 4 is 40.5 Å². The van der Waals surface area contributed by atoms with E-state index in [9.17, 15) is 9.59 Å². The first kappa shape index (κ1) is 17.3. The molecule has 5 nitrogen and oxygen atoms in total. The third-order valence-electron chi connectivity index (χ3n) is 3.11. The Balaban J connectivity index is 2.06. The summed E-state index contributed by atoms with van der Waals surface area (Å²) in [6, 6.07) is 6.71. The maximum atomic E-state index is 12.2. The van der Waals surface area contributed by atoms with Crippen molar-refractivity contribution in [1.82, 2.24) is 0 Å². The lowest BCUT2D eigenvalue weighted by atomic mass is 10.2. The summed E-state index contributed by atoms with van der Waals surface area (Å²) in [5.41, 5.74) is 1.27. The van der Waals surface area contributed by atoms with Gasteiger partial charge in [-0.05, 0) is 36.9 Å². The number of carbonyl (C=O) groups excluding carboxylic acids is 2. The van der Waals surface area contributed by atoms with E-state index in [1.807, 2.05) is 6.92 Å². The Labute approximate surface area is 143 Å². The molecule has 1 aromatic carbocycles. The van der Waals surface area contributed by atoms with Crippen LogP contribution in [0.2, 0.25) is 5.02 Å². The van der Waals surface area contributed by atoms with Crippen molar-refractivity contribution in [2.45, 2.75) is 20.0 Å². The number of rotatable bonds is 5. The van der Waals surface area contributed by atoms with Crippen LogP contribution < -0.4 is 10.1 Å². The Morgan fingerprint density at radius 2 is 2.09 bits per heavy atom. The molecule has 122 valence electrons. The number of ether oxygens (including phenoxy) is 2. The average Bonchev–Trinajstić information content (AvgIpc) is 3.04. The third-order valence-corrected chi connectivity index (χ3v) is 4.37. The molecule has 0 unspecified atom stereocenters. The van der Waals surface area contributed by atoms with Gasteiger partial charge in [0.2, 0.25) is 0 Å². The topological polar surface area (TPSA) is 64.6 Å². The second kappa shape index (κ2) is 7.48. The Morgan fingerprint density at radius 1 is 1.35 bits per heavy atom. The standard InChI is InChI=1S/C16H16ClNO4S/c1-9-7-12(13(21-3)8-11(9)17)18-15(19)10(2)22-16(20)14-5-4-6-23-14/h4-8,10H,1-3H3,(H,18,19)/t10-/m0/s1. The van der Waals surface area contributed by atoms with E-state index >= 15 is 0 Å². The molecule has 0 spiro atoms. The molecule has 2 rings (SSSR count). The van der Waals surface area contributed by atoms with Crippen LogP contribution in [0.5, 0.6) is 5.75 Å². The SMILES string of the molecule is COc1cc(Cl)c(C)cc1NC(=O)[C@H](C)OC(=O)c1cccs1. The summed E-state index contributed by atoms with van der Waals surface area (Å²) in [5.74, 6) is -0.539. The number of hydrogen-bond donors (Lipinski definition) is 1. The molecule has 23 heavy (non-hydrogen) atoms. The summed E-state index contributed by atoms with van der Waals surface area (Å²) in [7, 11) is 1.48. The van der Waals surface area contributed by atoms with Gasteiger partial charge >= 0.3 is 5.97 Å². The van der Waals surface area contributed by atoms with E-state index < -0.39 is 18.0 Å². The van der Waals surface area contributed by atoms with E-state index in [-0.39, 0.29) is 0 Å². The highest BCUT2D eigenvalue weighted by atomic mass is 35.5. The van der Waals surface area contributed by atoms with Gasteiger partial charge in [0.25, 0.3) is 5.91 Å². The molecule has 0 fully saturated rings. The van der Waals surface area contributed by atoms with E-state index in [2.05, 4.69) is 5.32 Å². The maximum absolute atomic E-state index is 12.2. The van der Waals surface area contributed by atoms with Crippen LogP contribution in [0.15, 0.2) is 29.6 Å². The fraction of sp³-hybridized carbons (Fsp3) is 0.250. The highest BCUT2D eigenvalue weighted by Crippen LogP contribution is 2.31. The van der Waals surface area contributed by atoms with Gasteiger partial charge in [-0.2, -0.15) is 0 Å². The maximum Gasteiger partial charge on any atom is 0.349 e. The average molecular weight is 354 g/mol. The van der Waals surface area contributed by atoms with E-state index in [1.165, 1.54) is 25.4 Å². The number of hydrogen-bond acceptors (Lipinski definition) is 5. The number of anilines is 1. The summed E-state index contributed by atoms with van der Waals surface area (Å²) in [4.78, 5) is 24.5. The number of carbonyl (C=O) groups is 2. The number of halogens is 1. The molecule has 1 amide bonds. The second-order valence-electron chi connectivity index (χ2n) is 4.82. The van der Waals surface area contributed by atoms with Gasteiger partial charge in [0, 0.05) is 11.1 Å². The molecular formula is C16H16ClNO4S. The number of esters is 1. The largest absolute Gasteiger partial charge is 0.495 e. The van der Waals surface area contributed by atoms with Crippen molar-refractivity contribution in [3.63, 3.8) is 0 Å². The van der Waals surface area contributed by atoms with Crippen LogP contribution in [0.1, 0.15) is 22.2 Å². The van der Waals surface area contributed by atoms with Crippen LogP contribution >= 0.6 is 22.9 Å². The van der Waals surface area contributed by atoms with Gasteiger partial charge in [-0.25, -0.2) is 4.79 Å². The number of aryl methyl sites for hydroxylation is 1. The van der Waals surface area contributed by atoms with Crippen LogP contribution in [0.25, 0.3) is 0 Å². The van der Waals surface area contributed by atoms with Crippen LogP contribution in [-0.2, 0) is 9.53 Å². The van der Waals surface area contributed by atoms with Gasteiger partial charge in [0.05, 0.1) is 12.8 Å².